The number of nitrogens with zero attached hydrogens (tertiary/aromatic N) is 1. The molecule has 0 aliphatic carbocycles. The maximum Gasteiger partial charge on any atom is 0.251 e. The van der Waals surface area contributed by atoms with Crippen LogP contribution in [-0.2, 0) is 10.0 Å². The van der Waals surface area contributed by atoms with E-state index >= 15 is 0 Å². The standard InChI is InChI=1S/C21H26ClN3O3S/c1-14-4-6-17(10-19(14)24-29(3,27)28)21(26)23-12-16-8-9-25(13-16)20-11-18(22)7-5-15(20)2/h4-7,10-11,16,24H,8-9,12-13H2,1-3H3,(H,23,26). The second-order valence-electron chi connectivity index (χ2n) is 7.65. The highest BCUT2D eigenvalue weighted by Crippen LogP contribution is 2.29. The first-order valence-electron chi connectivity index (χ1n) is 9.50. The van der Waals surface area contributed by atoms with Crippen molar-refractivity contribution in [2.75, 3.05) is 35.5 Å². The summed E-state index contributed by atoms with van der Waals surface area (Å²) < 4.78 is 25.5. The predicted octanol–water partition coefficient (Wildman–Crippen LogP) is 3.58. The van der Waals surface area contributed by atoms with Gasteiger partial charge in [-0.05, 0) is 61.6 Å². The maximum atomic E-state index is 12.6. The van der Waals surface area contributed by atoms with Crippen LogP contribution in [-0.4, -0.2) is 40.2 Å². The van der Waals surface area contributed by atoms with E-state index in [1.54, 1.807) is 25.1 Å². The fraction of sp³-hybridized carbons (Fsp3) is 0.381. The number of nitrogens with one attached hydrogen (secondary N) is 2. The molecule has 1 atom stereocenters. The first-order valence-corrected chi connectivity index (χ1v) is 11.8. The van der Waals surface area contributed by atoms with E-state index < -0.39 is 10.0 Å². The minimum Gasteiger partial charge on any atom is -0.371 e. The third kappa shape index (κ3) is 5.64. The average Bonchev–Trinajstić information content (AvgIpc) is 3.11. The van der Waals surface area contributed by atoms with E-state index in [1.165, 1.54) is 5.56 Å². The topological polar surface area (TPSA) is 78.5 Å². The van der Waals surface area contributed by atoms with Crippen molar-refractivity contribution >= 4 is 38.9 Å². The number of halogens is 1. The second-order valence-corrected chi connectivity index (χ2v) is 9.83. The van der Waals surface area contributed by atoms with Gasteiger partial charge < -0.3 is 10.2 Å². The molecule has 6 nitrogen and oxygen atoms in total. The molecule has 8 heteroatoms. The van der Waals surface area contributed by atoms with E-state index in [-0.39, 0.29) is 5.91 Å². The third-order valence-corrected chi connectivity index (χ3v) is 5.97. The van der Waals surface area contributed by atoms with Crippen molar-refractivity contribution < 1.29 is 13.2 Å². The highest BCUT2D eigenvalue weighted by atomic mass is 35.5. The predicted molar refractivity (Wildman–Crippen MR) is 118 cm³/mol. The molecule has 1 unspecified atom stereocenters. The van der Waals surface area contributed by atoms with Crippen molar-refractivity contribution in [2.24, 2.45) is 5.92 Å². The average molecular weight is 436 g/mol. The highest BCUT2D eigenvalue weighted by Gasteiger charge is 2.24. The fourth-order valence-corrected chi connectivity index (χ4v) is 4.34. The first kappa shape index (κ1) is 21.5. The SMILES string of the molecule is Cc1ccc(C(=O)NCC2CCN(c3cc(Cl)ccc3C)C2)cc1NS(C)(=O)=O. The van der Waals surface area contributed by atoms with Crippen LogP contribution in [0.15, 0.2) is 36.4 Å². The monoisotopic (exact) mass is 435 g/mol. The maximum absolute atomic E-state index is 12.6. The van der Waals surface area contributed by atoms with E-state index in [1.807, 2.05) is 18.2 Å². The molecule has 2 N–H and O–H groups in total. The molecule has 3 rings (SSSR count). The zero-order valence-electron chi connectivity index (χ0n) is 16.8. The van der Waals surface area contributed by atoms with Crippen LogP contribution in [0.1, 0.15) is 27.9 Å². The summed E-state index contributed by atoms with van der Waals surface area (Å²) in [7, 11) is -3.40. The molecule has 29 heavy (non-hydrogen) atoms. The Morgan fingerprint density at radius 1 is 1.17 bits per heavy atom. The molecule has 1 aliphatic heterocycles. The summed E-state index contributed by atoms with van der Waals surface area (Å²) >= 11 is 6.14. The van der Waals surface area contributed by atoms with Crippen LogP contribution in [0.4, 0.5) is 11.4 Å². The van der Waals surface area contributed by atoms with Crippen LogP contribution in [0.25, 0.3) is 0 Å². The Bertz CT molecular complexity index is 1020. The number of carbonyl (C=O) groups excluding carboxylic acids is 1. The van der Waals surface area contributed by atoms with Crippen molar-refractivity contribution in [3.05, 3.63) is 58.1 Å². The largest absolute Gasteiger partial charge is 0.371 e. The molecule has 2 aromatic carbocycles. The normalized spacial score (nSPS) is 16.7. The zero-order valence-corrected chi connectivity index (χ0v) is 18.4. The number of sulfonamides is 1. The summed E-state index contributed by atoms with van der Waals surface area (Å²) in [6, 6.07) is 10.9. The van der Waals surface area contributed by atoms with Gasteiger partial charge in [0.15, 0.2) is 0 Å². The Kier molecular flexibility index (Phi) is 6.39. The lowest BCUT2D eigenvalue weighted by atomic mass is 10.1. The molecule has 0 bridgehead atoms. The quantitative estimate of drug-likeness (QED) is 0.726. The van der Waals surface area contributed by atoms with E-state index in [4.69, 9.17) is 11.6 Å². The molecule has 1 heterocycles. The summed E-state index contributed by atoms with van der Waals surface area (Å²) in [6.45, 7) is 6.21. The molecule has 156 valence electrons. The number of amides is 1. The number of aryl methyl sites for hydroxylation is 2. The molecular formula is C21H26ClN3O3S. The molecule has 2 aromatic rings. The number of hydrogen-bond acceptors (Lipinski definition) is 4. The van der Waals surface area contributed by atoms with Crippen LogP contribution in [0, 0.1) is 19.8 Å². The van der Waals surface area contributed by atoms with Crippen LogP contribution in [0.5, 0.6) is 0 Å². The Balaban J connectivity index is 1.60. The highest BCUT2D eigenvalue weighted by molar-refractivity contribution is 7.92. The van der Waals surface area contributed by atoms with Gasteiger partial charge in [-0.2, -0.15) is 0 Å². The van der Waals surface area contributed by atoms with Gasteiger partial charge in [0.25, 0.3) is 5.91 Å². The lowest BCUT2D eigenvalue weighted by molar-refractivity contribution is 0.0948. The summed E-state index contributed by atoms with van der Waals surface area (Å²) in [5, 5.41) is 3.70. The lowest BCUT2D eigenvalue weighted by Crippen LogP contribution is -2.31. The molecule has 1 aliphatic rings. The number of carbonyl (C=O) groups is 1. The Morgan fingerprint density at radius 2 is 1.90 bits per heavy atom. The molecule has 0 aromatic heterocycles. The molecule has 1 fully saturated rings. The van der Waals surface area contributed by atoms with Crippen LogP contribution in [0.2, 0.25) is 5.02 Å². The Morgan fingerprint density at radius 3 is 2.62 bits per heavy atom. The molecular weight excluding hydrogens is 410 g/mol. The van der Waals surface area contributed by atoms with Crippen molar-refractivity contribution in [1.29, 1.82) is 0 Å². The minimum atomic E-state index is -3.40. The molecule has 1 saturated heterocycles. The van der Waals surface area contributed by atoms with E-state index in [0.29, 0.717) is 23.7 Å². The van der Waals surface area contributed by atoms with Gasteiger partial charge in [-0.25, -0.2) is 8.42 Å². The number of rotatable bonds is 6. The van der Waals surface area contributed by atoms with Gasteiger partial charge in [-0.15, -0.1) is 0 Å². The number of anilines is 2. The summed E-state index contributed by atoms with van der Waals surface area (Å²) in [5.74, 6) is 0.135. The zero-order chi connectivity index (χ0) is 21.2. The molecule has 1 amide bonds. The van der Waals surface area contributed by atoms with Gasteiger partial charge in [0.1, 0.15) is 0 Å². The smallest absolute Gasteiger partial charge is 0.251 e. The lowest BCUT2D eigenvalue weighted by Gasteiger charge is -2.21. The van der Waals surface area contributed by atoms with Crippen molar-refractivity contribution in [3.8, 4) is 0 Å². The Labute approximate surface area is 177 Å². The summed E-state index contributed by atoms with van der Waals surface area (Å²) in [5.41, 5.74) is 3.94. The first-order chi connectivity index (χ1) is 13.6. The van der Waals surface area contributed by atoms with Crippen molar-refractivity contribution in [2.45, 2.75) is 20.3 Å². The molecule has 0 saturated carbocycles. The van der Waals surface area contributed by atoms with Gasteiger partial charge in [0.05, 0.1) is 11.9 Å². The minimum absolute atomic E-state index is 0.209. The van der Waals surface area contributed by atoms with Crippen molar-refractivity contribution in [1.82, 2.24) is 5.32 Å². The number of hydrogen-bond donors (Lipinski definition) is 2. The van der Waals surface area contributed by atoms with Gasteiger partial charge in [-0.3, -0.25) is 9.52 Å². The molecule has 0 spiro atoms. The van der Waals surface area contributed by atoms with Crippen molar-refractivity contribution in [3.63, 3.8) is 0 Å². The Hall–Kier alpha value is -2.25. The molecule has 0 radical (unpaired) electrons. The second kappa shape index (κ2) is 8.63. The van der Waals surface area contributed by atoms with Crippen LogP contribution < -0.4 is 14.9 Å². The fourth-order valence-electron chi connectivity index (χ4n) is 3.55. The summed E-state index contributed by atoms with van der Waals surface area (Å²) in [4.78, 5) is 14.9. The third-order valence-electron chi connectivity index (χ3n) is 5.14. The van der Waals surface area contributed by atoms with Crippen LogP contribution in [0.3, 0.4) is 0 Å². The van der Waals surface area contributed by atoms with E-state index in [2.05, 4.69) is 21.9 Å². The summed E-state index contributed by atoms with van der Waals surface area (Å²) in [6.07, 6.45) is 2.08. The van der Waals surface area contributed by atoms with Gasteiger partial charge in [-0.1, -0.05) is 23.7 Å². The van der Waals surface area contributed by atoms with Gasteiger partial charge >= 0.3 is 0 Å². The van der Waals surface area contributed by atoms with E-state index in [9.17, 15) is 13.2 Å². The van der Waals surface area contributed by atoms with Crippen LogP contribution >= 0.6 is 11.6 Å². The van der Waals surface area contributed by atoms with E-state index in [0.717, 1.165) is 42.0 Å². The number of benzene rings is 2. The van der Waals surface area contributed by atoms with Gasteiger partial charge in [0, 0.05) is 35.9 Å². The van der Waals surface area contributed by atoms with Gasteiger partial charge in [0.2, 0.25) is 10.0 Å².